The Hall–Kier alpha value is -2.77. The second-order valence-electron chi connectivity index (χ2n) is 8.61. The Balaban J connectivity index is 1.28. The summed E-state index contributed by atoms with van der Waals surface area (Å²) in [5.41, 5.74) is 8.80. The van der Waals surface area contributed by atoms with Crippen LogP contribution in [0.25, 0.3) is 0 Å². The summed E-state index contributed by atoms with van der Waals surface area (Å²) >= 11 is 0. The van der Waals surface area contributed by atoms with E-state index in [1.807, 2.05) is 42.2 Å². The summed E-state index contributed by atoms with van der Waals surface area (Å²) in [5.74, 6) is 1.97. The Bertz CT molecular complexity index is 897. The maximum Gasteiger partial charge on any atom is 0.241 e. The van der Waals surface area contributed by atoms with Gasteiger partial charge in [-0.1, -0.05) is 37.6 Å². The van der Waals surface area contributed by atoms with Crippen LogP contribution < -0.4 is 25.2 Å². The SMILES string of the molecule is CCCCOc1ccc(C2CC(C(=O)N3CCN(c4ccccc4OCC)CC3)NN2)cc1. The van der Waals surface area contributed by atoms with E-state index in [2.05, 4.69) is 40.9 Å². The van der Waals surface area contributed by atoms with Gasteiger partial charge in [0, 0.05) is 32.2 Å². The number of unbranched alkanes of at least 4 members (excludes halogenated alkanes) is 1. The molecule has 2 saturated heterocycles. The minimum Gasteiger partial charge on any atom is -0.494 e. The number of benzene rings is 2. The summed E-state index contributed by atoms with van der Waals surface area (Å²) in [6.07, 6.45) is 2.93. The van der Waals surface area contributed by atoms with E-state index < -0.39 is 0 Å². The largest absolute Gasteiger partial charge is 0.494 e. The van der Waals surface area contributed by atoms with Crippen LogP contribution in [0.3, 0.4) is 0 Å². The van der Waals surface area contributed by atoms with Crippen molar-refractivity contribution in [3.05, 3.63) is 54.1 Å². The molecule has 0 aromatic heterocycles. The molecule has 7 heteroatoms. The van der Waals surface area contributed by atoms with Gasteiger partial charge in [0.1, 0.15) is 17.5 Å². The predicted octanol–water partition coefficient (Wildman–Crippen LogP) is 3.52. The van der Waals surface area contributed by atoms with Gasteiger partial charge in [0.2, 0.25) is 5.91 Å². The molecule has 2 fully saturated rings. The Morgan fingerprint density at radius 1 is 0.970 bits per heavy atom. The molecule has 2 atom stereocenters. The number of para-hydroxylation sites is 2. The number of hydrogen-bond acceptors (Lipinski definition) is 6. The van der Waals surface area contributed by atoms with Crippen molar-refractivity contribution in [3.63, 3.8) is 0 Å². The molecule has 2 aliphatic heterocycles. The van der Waals surface area contributed by atoms with E-state index in [9.17, 15) is 4.79 Å². The quantitative estimate of drug-likeness (QED) is 0.568. The number of hydrazine groups is 1. The fourth-order valence-corrected chi connectivity index (χ4v) is 4.45. The lowest BCUT2D eigenvalue weighted by molar-refractivity contribution is -0.133. The average molecular weight is 453 g/mol. The molecule has 33 heavy (non-hydrogen) atoms. The standard InChI is InChI=1S/C26H36N4O3/c1-3-5-18-33-21-12-10-20(11-13-21)22-19-23(28-27-22)26(31)30-16-14-29(15-17-30)24-8-6-7-9-25(24)32-4-2/h6-13,22-23,27-28H,3-5,14-19H2,1-2H3. The van der Waals surface area contributed by atoms with Gasteiger partial charge in [0.15, 0.2) is 0 Å². The molecule has 2 unspecified atom stereocenters. The molecular formula is C26H36N4O3. The van der Waals surface area contributed by atoms with E-state index in [1.54, 1.807) is 0 Å². The predicted molar refractivity (Wildman–Crippen MR) is 131 cm³/mol. The van der Waals surface area contributed by atoms with Crippen LogP contribution in [0.4, 0.5) is 5.69 Å². The van der Waals surface area contributed by atoms with Crippen molar-refractivity contribution in [2.45, 2.75) is 45.2 Å². The Morgan fingerprint density at radius 3 is 2.45 bits per heavy atom. The highest BCUT2D eigenvalue weighted by atomic mass is 16.5. The molecule has 1 amide bonds. The number of ether oxygens (including phenoxy) is 2. The molecular weight excluding hydrogens is 416 g/mol. The number of rotatable bonds is 9. The molecule has 2 N–H and O–H groups in total. The topological polar surface area (TPSA) is 66.1 Å². The summed E-state index contributed by atoms with van der Waals surface area (Å²) in [5, 5.41) is 0. The van der Waals surface area contributed by atoms with Crippen molar-refractivity contribution < 1.29 is 14.3 Å². The third-order valence-electron chi connectivity index (χ3n) is 6.35. The Labute approximate surface area is 197 Å². The van der Waals surface area contributed by atoms with Crippen molar-refractivity contribution in [2.75, 3.05) is 44.3 Å². The monoisotopic (exact) mass is 452 g/mol. The van der Waals surface area contributed by atoms with Crippen molar-refractivity contribution in [2.24, 2.45) is 0 Å². The van der Waals surface area contributed by atoms with Crippen LogP contribution in [0.2, 0.25) is 0 Å². The number of nitrogens with zero attached hydrogens (tertiary/aromatic N) is 2. The molecule has 2 aromatic rings. The van der Waals surface area contributed by atoms with Crippen LogP contribution in [0.15, 0.2) is 48.5 Å². The number of nitrogens with one attached hydrogen (secondary N) is 2. The first kappa shape index (κ1) is 23.4. The number of carbonyl (C=O) groups is 1. The van der Waals surface area contributed by atoms with Gasteiger partial charge >= 0.3 is 0 Å². The number of amides is 1. The van der Waals surface area contributed by atoms with Crippen molar-refractivity contribution >= 4 is 11.6 Å². The lowest BCUT2D eigenvalue weighted by Gasteiger charge is -2.37. The van der Waals surface area contributed by atoms with Crippen molar-refractivity contribution in [1.82, 2.24) is 15.8 Å². The summed E-state index contributed by atoms with van der Waals surface area (Å²) in [7, 11) is 0. The van der Waals surface area contributed by atoms with Crippen molar-refractivity contribution in [1.29, 1.82) is 0 Å². The highest BCUT2D eigenvalue weighted by Crippen LogP contribution is 2.29. The fourth-order valence-electron chi connectivity index (χ4n) is 4.45. The number of carbonyl (C=O) groups excluding carboxylic acids is 1. The third kappa shape index (κ3) is 5.78. The molecule has 0 bridgehead atoms. The van der Waals surface area contributed by atoms with Gasteiger partial charge in [-0.2, -0.15) is 0 Å². The second kappa shape index (κ2) is 11.4. The molecule has 0 spiro atoms. The third-order valence-corrected chi connectivity index (χ3v) is 6.35. The van der Waals surface area contributed by atoms with Gasteiger partial charge < -0.3 is 19.3 Å². The van der Waals surface area contributed by atoms with Crippen LogP contribution >= 0.6 is 0 Å². The maximum absolute atomic E-state index is 13.2. The zero-order valence-corrected chi connectivity index (χ0v) is 19.8. The highest BCUT2D eigenvalue weighted by Gasteiger charge is 2.34. The number of hydrogen-bond donors (Lipinski definition) is 2. The van der Waals surface area contributed by atoms with Gasteiger partial charge in [0.05, 0.1) is 18.9 Å². The van der Waals surface area contributed by atoms with Crippen LogP contribution in [0.1, 0.15) is 44.7 Å². The van der Waals surface area contributed by atoms with E-state index >= 15 is 0 Å². The first-order chi connectivity index (χ1) is 16.2. The summed E-state index contributed by atoms with van der Waals surface area (Å²) < 4.78 is 11.5. The van der Waals surface area contributed by atoms with Gasteiger partial charge in [0.25, 0.3) is 0 Å². The lowest BCUT2D eigenvalue weighted by atomic mass is 10.0. The molecule has 0 radical (unpaired) electrons. The summed E-state index contributed by atoms with van der Waals surface area (Å²) in [6, 6.07) is 16.2. The molecule has 2 heterocycles. The minimum atomic E-state index is -0.210. The number of anilines is 1. The summed E-state index contributed by atoms with van der Waals surface area (Å²) in [6.45, 7) is 8.59. The average Bonchev–Trinajstić information content (AvgIpc) is 3.35. The zero-order chi connectivity index (χ0) is 23.0. The molecule has 7 nitrogen and oxygen atoms in total. The second-order valence-corrected chi connectivity index (χ2v) is 8.61. The van der Waals surface area contributed by atoms with Crippen molar-refractivity contribution in [3.8, 4) is 11.5 Å². The molecule has 2 aliphatic rings. The normalized spacial score (nSPS) is 20.7. The van der Waals surface area contributed by atoms with E-state index in [0.717, 1.165) is 61.7 Å². The first-order valence-electron chi connectivity index (χ1n) is 12.2. The van der Waals surface area contributed by atoms with E-state index in [0.29, 0.717) is 19.7 Å². The van der Waals surface area contributed by atoms with Crippen LogP contribution in [-0.4, -0.2) is 56.2 Å². The van der Waals surface area contributed by atoms with Gasteiger partial charge in [-0.15, -0.1) is 0 Å². The smallest absolute Gasteiger partial charge is 0.241 e. The molecule has 0 saturated carbocycles. The molecule has 2 aromatic carbocycles. The molecule has 4 rings (SSSR count). The molecule has 178 valence electrons. The zero-order valence-electron chi connectivity index (χ0n) is 19.8. The maximum atomic E-state index is 13.2. The van der Waals surface area contributed by atoms with E-state index in [4.69, 9.17) is 9.47 Å². The Kier molecular flexibility index (Phi) is 8.07. The van der Waals surface area contributed by atoms with Crippen LogP contribution in [0.5, 0.6) is 11.5 Å². The lowest BCUT2D eigenvalue weighted by Crippen LogP contribution is -2.53. The minimum absolute atomic E-state index is 0.114. The number of piperazine rings is 1. The van der Waals surface area contributed by atoms with Crippen LogP contribution in [0, 0.1) is 0 Å². The van der Waals surface area contributed by atoms with Gasteiger partial charge in [-0.05, 0) is 49.6 Å². The fraction of sp³-hybridized carbons (Fsp3) is 0.500. The summed E-state index contributed by atoms with van der Waals surface area (Å²) in [4.78, 5) is 17.4. The highest BCUT2D eigenvalue weighted by molar-refractivity contribution is 5.82. The Morgan fingerprint density at radius 2 is 1.73 bits per heavy atom. The van der Waals surface area contributed by atoms with Crippen LogP contribution in [-0.2, 0) is 4.79 Å². The van der Waals surface area contributed by atoms with E-state index in [-0.39, 0.29) is 18.0 Å². The van der Waals surface area contributed by atoms with Gasteiger partial charge in [-0.25, -0.2) is 10.9 Å². The first-order valence-corrected chi connectivity index (χ1v) is 12.2. The van der Waals surface area contributed by atoms with E-state index in [1.165, 1.54) is 0 Å². The molecule has 0 aliphatic carbocycles. The van der Waals surface area contributed by atoms with Gasteiger partial charge in [-0.3, -0.25) is 4.79 Å².